The van der Waals surface area contributed by atoms with Crippen LogP contribution in [0.15, 0.2) is 30.5 Å². The Hall–Kier alpha value is -1.97. The highest BCUT2D eigenvalue weighted by atomic mass is 19.1. The minimum atomic E-state index is -0.393. The maximum absolute atomic E-state index is 13.8. The first-order valence-corrected chi connectivity index (χ1v) is 6.58. The van der Waals surface area contributed by atoms with Crippen LogP contribution in [0.1, 0.15) is 30.7 Å². The van der Waals surface area contributed by atoms with Crippen LogP contribution in [0.5, 0.6) is 0 Å². The van der Waals surface area contributed by atoms with Gasteiger partial charge in [0.05, 0.1) is 6.20 Å². The fourth-order valence-electron chi connectivity index (χ4n) is 2.34. The number of hydrogen-bond donors (Lipinski definition) is 1. The van der Waals surface area contributed by atoms with E-state index >= 15 is 0 Å². The summed E-state index contributed by atoms with van der Waals surface area (Å²) >= 11 is 0. The maximum atomic E-state index is 13.8. The van der Waals surface area contributed by atoms with Crippen LogP contribution in [0, 0.1) is 5.82 Å². The van der Waals surface area contributed by atoms with Gasteiger partial charge in [-0.1, -0.05) is 30.7 Å². The summed E-state index contributed by atoms with van der Waals surface area (Å²) in [6, 6.07) is 8.05. The number of halogens is 1. The van der Waals surface area contributed by atoms with E-state index in [0.717, 1.165) is 5.56 Å². The molecule has 0 atom stereocenters. The lowest BCUT2D eigenvalue weighted by Crippen LogP contribution is -2.08. The normalized spacial score (nSPS) is 15.1. The summed E-state index contributed by atoms with van der Waals surface area (Å²) < 4.78 is 13.8. The van der Waals surface area contributed by atoms with Crippen molar-refractivity contribution in [1.82, 2.24) is 9.97 Å². The van der Waals surface area contributed by atoms with Gasteiger partial charge in [0.2, 0.25) is 5.95 Å². The second-order valence-electron chi connectivity index (χ2n) is 4.89. The fourth-order valence-corrected chi connectivity index (χ4v) is 2.34. The van der Waals surface area contributed by atoms with Gasteiger partial charge in [0.1, 0.15) is 5.69 Å². The molecule has 1 heterocycles. The predicted octanol–water partition coefficient (Wildman–Crippen LogP) is 3.59. The number of aromatic nitrogens is 2. The van der Waals surface area contributed by atoms with Crippen LogP contribution in [0.25, 0.3) is 11.3 Å². The smallest absolute Gasteiger partial charge is 0.223 e. The zero-order chi connectivity index (χ0) is 13.2. The molecule has 3 nitrogen and oxygen atoms in total. The van der Waals surface area contributed by atoms with Gasteiger partial charge >= 0.3 is 0 Å². The Kier molecular flexibility index (Phi) is 3.15. The number of benzene rings is 1. The van der Waals surface area contributed by atoms with Gasteiger partial charge in [-0.05, 0) is 24.3 Å². The first kappa shape index (κ1) is 12.1. The summed E-state index contributed by atoms with van der Waals surface area (Å²) in [6.07, 6.45) is 5.06. The quantitative estimate of drug-likeness (QED) is 0.913. The van der Waals surface area contributed by atoms with Crippen molar-refractivity contribution in [1.29, 1.82) is 0 Å². The Morgan fingerprint density at radius 2 is 1.95 bits per heavy atom. The molecular weight excluding hydrogens is 241 g/mol. The van der Waals surface area contributed by atoms with Crippen LogP contribution in [-0.4, -0.2) is 17.0 Å². The molecule has 0 bridgehead atoms. The average Bonchev–Trinajstić information content (AvgIpc) is 2.38. The van der Waals surface area contributed by atoms with E-state index in [1.165, 1.54) is 31.0 Å². The second kappa shape index (κ2) is 4.96. The topological polar surface area (TPSA) is 37.8 Å². The molecule has 0 aliphatic heterocycles. The minimum Gasteiger partial charge on any atom is -0.357 e. The summed E-state index contributed by atoms with van der Waals surface area (Å²) in [5.41, 5.74) is 2.48. The van der Waals surface area contributed by atoms with Crippen molar-refractivity contribution < 1.29 is 4.39 Å². The Morgan fingerprint density at radius 1 is 1.21 bits per heavy atom. The summed E-state index contributed by atoms with van der Waals surface area (Å²) in [5, 5.41) is 2.82. The Labute approximate surface area is 111 Å². The number of anilines is 1. The molecule has 1 aliphatic rings. The van der Waals surface area contributed by atoms with Gasteiger partial charge in [-0.2, -0.15) is 0 Å². The number of rotatable bonds is 3. The maximum Gasteiger partial charge on any atom is 0.223 e. The molecule has 0 unspecified atom stereocenters. The van der Waals surface area contributed by atoms with Crippen molar-refractivity contribution in [2.75, 3.05) is 12.4 Å². The molecule has 1 N–H and O–H groups in total. The summed E-state index contributed by atoms with van der Waals surface area (Å²) in [4.78, 5) is 8.03. The summed E-state index contributed by atoms with van der Waals surface area (Å²) in [7, 11) is 1.72. The van der Waals surface area contributed by atoms with Gasteiger partial charge in [0.25, 0.3) is 0 Å². The van der Waals surface area contributed by atoms with Crippen molar-refractivity contribution in [2.24, 2.45) is 0 Å². The molecular formula is C15H16FN3. The number of nitrogens with one attached hydrogen (secondary N) is 1. The van der Waals surface area contributed by atoms with E-state index in [0.29, 0.717) is 17.6 Å². The molecule has 0 saturated heterocycles. The standard InChI is InChI=1S/C15H16FN3/c1-17-15-18-9-13(16)14(19-15)12-7-5-11(6-8-12)10-3-2-4-10/h5-10H,2-4H2,1H3,(H,17,18,19). The Morgan fingerprint density at radius 3 is 2.53 bits per heavy atom. The third-order valence-corrected chi connectivity index (χ3v) is 3.73. The van der Waals surface area contributed by atoms with E-state index in [2.05, 4.69) is 27.4 Å². The zero-order valence-electron chi connectivity index (χ0n) is 10.9. The van der Waals surface area contributed by atoms with Gasteiger partial charge in [0.15, 0.2) is 5.82 Å². The highest BCUT2D eigenvalue weighted by Gasteiger charge is 2.19. The van der Waals surface area contributed by atoms with E-state index in [1.54, 1.807) is 7.05 Å². The molecule has 0 radical (unpaired) electrons. The van der Waals surface area contributed by atoms with Crippen LogP contribution in [0.2, 0.25) is 0 Å². The molecule has 4 heteroatoms. The van der Waals surface area contributed by atoms with Crippen molar-refractivity contribution in [2.45, 2.75) is 25.2 Å². The molecule has 1 aromatic heterocycles. The monoisotopic (exact) mass is 257 g/mol. The van der Waals surface area contributed by atoms with Crippen LogP contribution in [0.3, 0.4) is 0 Å². The van der Waals surface area contributed by atoms with Crippen molar-refractivity contribution >= 4 is 5.95 Å². The molecule has 1 aliphatic carbocycles. The van der Waals surface area contributed by atoms with Crippen LogP contribution in [0.4, 0.5) is 10.3 Å². The van der Waals surface area contributed by atoms with Gasteiger partial charge in [-0.25, -0.2) is 14.4 Å². The van der Waals surface area contributed by atoms with E-state index in [4.69, 9.17) is 0 Å². The molecule has 19 heavy (non-hydrogen) atoms. The highest BCUT2D eigenvalue weighted by Crippen LogP contribution is 2.36. The van der Waals surface area contributed by atoms with Crippen LogP contribution >= 0.6 is 0 Å². The average molecular weight is 257 g/mol. The first-order valence-electron chi connectivity index (χ1n) is 6.58. The van der Waals surface area contributed by atoms with Gasteiger partial charge in [-0.15, -0.1) is 0 Å². The van der Waals surface area contributed by atoms with Crippen molar-refractivity contribution in [3.63, 3.8) is 0 Å². The zero-order valence-corrected chi connectivity index (χ0v) is 10.9. The SMILES string of the molecule is CNc1ncc(F)c(-c2ccc(C3CCC3)cc2)n1. The van der Waals surface area contributed by atoms with Crippen LogP contribution in [-0.2, 0) is 0 Å². The lowest BCUT2D eigenvalue weighted by atomic mass is 9.80. The first-order chi connectivity index (χ1) is 9.28. The number of hydrogen-bond acceptors (Lipinski definition) is 3. The molecule has 3 rings (SSSR count). The van der Waals surface area contributed by atoms with Crippen molar-refractivity contribution in [3.05, 3.63) is 41.8 Å². The van der Waals surface area contributed by atoms with Crippen molar-refractivity contribution in [3.8, 4) is 11.3 Å². The lowest BCUT2D eigenvalue weighted by molar-refractivity contribution is 0.420. The lowest BCUT2D eigenvalue weighted by Gasteiger charge is -2.25. The van der Waals surface area contributed by atoms with Gasteiger partial charge in [0, 0.05) is 12.6 Å². The van der Waals surface area contributed by atoms with E-state index in [1.807, 2.05) is 12.1 Å². The molecule has 0 spiro atoms. The van der Waals surface area contributed by atoms with Gasteiger partial charge in [-0.3, -0.25) is 0 Å². The molecule has 98 valence electrons. The van der Waals surface area contributed by atoms with Crippen LogP contribution < -0.4 is 5.32 Å². The molecule has 1 fully saturated rings. The third kappa shape index (κ3) is 2.30. The van der Waals surface area contributed by atoms with E-state index < -0.39 is 5.82 Å². The summed E-state index contributed by atoms with van der Waals surface area (Å²) in [5.74, 6) is 0.729. The predicted molar refractivity (Wildman–Crippen MR) is 73.6 cm³/mol. The third-order valence-electron chi connectivity index (χ3n) is 3.73. The van der Waals surface area contributed by atoms with E-state index in [9.17, 15) is 4.39 Å². The van der Waals surface area contributed by atoms with Gasteiger partial charge < -0.3 is 5.32 Å². The largest absolute Gasteiger partial charge is 0.357 e. The fraction of sp³-hybridized carbons (Fsp3) is 0.333. The Balaban J connectivity index is 1.92. The highest BCUT2D eigenvalue weighted by molar-refractivity contribution is 5.61. The Bertz CT molecular complexity index is 576. The second-order valence-corrected chi connectivity index (χ2v) is 4.89. The molecule has 1 saturated carbocycles. The minimum absolute atomic E-state index is 0.347. The molecule has 2 aromatic rings. The number of nitrogens with zero attached hydrogens (tertiary/aromatic N) is 2. The summed E-state index contributed by atoms with van der Waals surface area (Å²) in [6.45, 7) is 0. The molecule has 0 amide bonds. The molecule has 1 aromatic carbocycles. The van der Waals surface area contributed by atoms with E-state index in [-0.39, 0.29) is 0 Å².